The highest BCUT2D eigenvalue weighted by atomic mass is 35.5. The third-order valence-corrected chi connectivity index (χ3v) is 4.16. The van der Waals surface area contributed by atoms with E-state index in [2.05, 4.69) is 16.8 Å². The second-order valence-corrected chi connectivity index (χ2v) is 5.94. The van der Waals surface area contributed by atoms with Crippen LogP contribution in [-0.2, 0) is 10.6 Å². The van der Waals surface area contributed by atoms with Gasteiger partial charge in [0.05, 0.1) is 19.4 Å². The smallest absolute Gasteiger partial charge is 0.173 e. The monoisotopic (exact) mass is 343 g/mol. The van der Waals surface area contributed by atoms with Crippen LogP contribution >= 0.6 is 11.6 Å². The Morgan fingerprint density at radius 1 is 1.21 bits per heavy atom. The topological polar surface area (TPSA) is 51.6 Å². The summed E-state index contributed by atoms with van der Waals surface area (Å²) in [6, 6.07) is 9.30. The fraction of sp³-hybridized carbons (Fsp3) is 0.316. The number of halogens is 1. The zero-order valence-electron chi connectivity index (χ0n) is 13.2. The largest absolute Gasteiger partial charge is 0.506 e. The molecule has 0 saturated carbocycles. The summed E-state index contributed by atoms with van der Waals surface area (Å²) in [6.45, 7) is 1.21. The van der Waals surface area contributed by atoms with E-state index in [4.69, 9.17) is 21.1 Å². The van der Waals surface area contributed by atoms with Crippen molar-refractivity contribution in [3.05, 3.63) is 53.9 Å². The Balaban J connectivity index is 1.84. The van der Waals surface area contributed by atoms with Crippen LogP contribution in [0.25, 0.3) is 0 Å². The molecule has 3 rings (SSSR count). The zero-order valence-corrected chi connectivity index (χ0v) is 13.9. The number of ether oxygens (including phenoxy) is 2. The third-order valence-electron chi connectivity index (χ3n) is 3.85. The number of rotatable bonds is 3. The molecule has 0 amide bonds. The Labute approximate surface area is 146 Å². The molecule has 1 aromatic heterocycles. The Bertz CT molecular complexity index is 743. The van der Waals surface area contributed by atoms with Gasteiger partial charge < -0.3 is 14.6 Å². The molecule has 0 atom stereocenters. The van der Waals surface area contributed by atoms with Crippen LogP contribution in [0.15, 0.2) is 42.7 Å². The first-order valence-electron chi connectivity index (χ1n) is 7.78. The molecule has 4 nitrogen and oxygen atoms in total. The number of hydrogen-bond donors (Lipinski definition) is 1. The van der Waals surface area contributed by atoms with Crippen molar-refractivity contribution in [1.29, 1.82) is 0 Å². The van der Waals surface area contributed by atoms with Crippen molar-refractivity contribution in [1.82, 2.24) is 4.98 Å². The average molecular weight is 344 g/mol. The lowest BCUT2D eigenvalue weighted by Gasteiger charge is -2.33. The van der Waals surface area contributed by atoms with Gasteiger partial charge in [-0.25, -0.2) is 0 Å². The minimum atomic E-state index is -0.605. The summed E-state index contributed by atoms with van der Waals surface area (Å²) in [5, 5.41) is 9.51. The number of aromatic hydroxyl groups is 1. The van der Waals surface area contributed by atoms with Crippen LogP contribution in [0.1, 0.15) is 24.0 Å². The van der Waals surface area contributed by atoms with Gasteiger partial charge in [0.1, 0.15) is 11.5 Å². The van der Waals surface area contributed by atoms with E-state index in [-0.39, 0.29) is 5.75 Å². The Hall–Kier alpha value is -2.22. The van der Waals surface area contributed by atoms with Crippen LogP contribution in [-0.4, -0.2) is 28.9 Å². The van der Waals surface area contributed by atoms with E-state index in [9.17, 15) is 5.11 Å². The summed E-state index contributed by atoms with van der Waals surface area (Å²) < 4.78 is 11.7. The molecule has 0 spiro atoms. The maximum Gasteiger partial charge on any atom is 0.173 e. The molecule has 1 saturated heterocycles. The van der Waals surface area contributed by atoms with Crippen molar-refractivity contribution in [2.45, 2.75) is 24.3 Å². The lowest BCUT2D eigenvalue weighted by atomic mass is 9.94. The molecule has 24 heavy (non-hydrogen) atoms. The van der Waals surface area contributed by atoms with Crippen molar-refractivity contribution < 1.29 is 14.6 Å². The summed E-state index contributed by atoms with van der Waals surface area (Å²) >= 11 is 5.82. The SMILES string of the molecule is Oc1cncc(C#CC2(Oc3ccc(CCl)cc3)CCOCC2)c1. The second-order valence-electron chi connectivity index (χ2n) is 5.67. The van der Waals surface area contributed by atoms with Crippen molar-refractivity contribution in [3.8, 4) is 23.3 Å². The Morgan fingerprint density at radius 2 is 1.96 bits per heavy atom. The fourth-order valence-electron chi connectivity index (χ4n) is 2.51. The minimum Gasteiger partial charge on any atom is -0.506 e. The van der Waals surface area contributed by atoms with Crippen LogP contribution < -0.4 is 4.74 Å². The highest BCUT2D eigenvalue weighted by Crippen LogP contribution is 2.28. The molecule has 0 radical (unpaired) electrons. The summed E-state index contributed by atoms with van der Waals surface area (Å²) in [5.41, 5.74) is 1.09. The molecule has 1 N–H and O–H groups in total. The van der Waals surface area contributed by atoms with E-state index in [1.807, 2.05) is 24.3 Å². The lowest BCUT2D eigenvalue weighted by Crippen LogP contribution is -2.40. The normalized spacial score (nSPS) is 16.0. The predicted molar refractivity (Wildman–Crippen MR) is 92.2 cm³/mol. The molecule has 1 aliphatic rings. The van der Waals surface area contributed by atoms with Gasteiger partial charge in [0, 0.05) is 30.5 Å². The zero-order chi connectivity index (χ0) is 16.8. The number of hydrogen-bond acceptors (Lipinski definition) is 4. The quantitative estimate of drug-likeness (QED) is 0.684. The predicted octanol–water partition coefficient (Wildman–Crippen LogP) is 3.51. The van der Waals surface area contributed by atoms with E-state index in [1.54, 1.807) is 12.3 Å². The van der Waals surface area contributed by atoms with Gasteiger partial charge in [0.15, 0.2) is 5.60 Å². The number of alkyl halides is 1. The highest BCUT2D eigenvalue weighted by Gasteiger charge is 2.33. The second kappa shape index (κ2) is 7.57. The summed E-state index contributed by atoms with van der Waals surface area (Å²) in [4.78, 5) is 3.94. The maximum atomic E-state index is 9.51. The van der Waals surface area contributed by atoms with Crippen molar-refractivity contribution in [3.63, 3.8) is 0 Å². The third kappa shape index (κ3) is 4.19. The van der Waals surface area contributed by atoms with Gasteiger partial charge in [-0.2, -0.15) is 0 Å². The summed E-state index contributed by atoms with van der Waals surface area (Å²) in [5.74, 6) is 7.62. The average Bonchev–Trinajstić information content (AvgIpc) is 2.62. The maximum absolute atomic E-state index is 9.51. The van der Waals surface area contributed by atoms with E-state index < -0.39 is 5.60 Å². The first-order valence-corrected chi connectivity index (χ1v) is 8.31. The van der Waals surface area contributed by atoms with Crippen LogP contribution in [0.2, 0.25) is 0 Å². The van der Waals surface area contributed by atoms with Gasteiger partial charge in [-0.05, 0) is 29.7 Å². The summed E-state index contributed by atoms with van der Waals surface area (Å²) in [6.07, 6.45) is 4.37. The first-order chi connectivity index (χ1) is 11.7. The minimum absolute atomic E-state index is 0.0976. The Morgan fingerprint density at radius 3 is 2.62 bits per heavy atom. The van der Waals surface area contributed by atoms with Crippen molar-refractivity contribution in [2.24, 2.45) is 0 Å². The lowest BCUT2D eigenvalue weighted by molar-refractivity contribution is -0.0112. The first kappa shape index (κ1) is 16.6. The molecule has 0 bridgehead atoms. The number of benzene rings is 1. The molecule has 1 aromatic carbocycles. The van der Waals surface area contributed by atoms with Crippen LogP contribution in [0.5, 0.6) is 11.5 Å². The molecule has 124 valence electrons. The van der Waals surface area contributed by atoms with Gasteiger partial charge in [-0.3, -0.25) is 4.98 Å². The molecule has 0 unspecified atom stereocenters. The van der Waals surface area contributed by atoms with E-state index >= 15 is 0 Å². The van der Waals surface area contributed by atoms with Crippen molar-refractivity contribution in [2.75, 3.05) is 13.2 Å². The molecule has 0 aliphatic carbocycles. The highest BCUT2D eigenvalue weighted by molar-refractivity contribution is 6.17. The van der Waals surface area contributed by atoms with E-state index in [1.165, 1.54) is 6.20 Å². The molecule has 2 heterocycles. The molecular weight excluding hydrogens is 326 g/mol. The van der Waals surface area contributed by atoms with Crippen LogP contribution in [0, 0.1) is 11.8 Å². The number of aromatic nitrogens is 1. The van der Waals surface area contributed by atoms with Crippen LogP contribution in [0.4, 0.5) is 0 Å². The molecule has 2 aromatic rings. The van der Waals surface area contributed by atoms with Gasteiger partial charge in [0.25, 0.3) is 0 Å². The molecule has 1 aliphatic heterocycles. The fourth-order valence-corrected chi connectivity index (χ4v) is 2.69. The molecular formula is C19H18ClNO3. The van der Waals surface area contributed by atoms with Gasteiger partial charge in [-0.15, -0.1) is 11.6 Å². The van der Waals surface area contributed by atoms with Gasteiger partial charge in [0.2, 0.25) is 0 Å². The number of pyridine rings is 1. The molecule has 1 fully saturated rings. The Kier molecular flexibility index (Phi) is 5.24. The van der Waals surface area contributed by atoms with Gasteiger partial charge in [-0.1, -0.05) is 18.1 Å². The summed E-state index contributed by atoms with van der Waals surface area (Å²) in [7, 11) is 0. The standard InChI is InChI=1S/C19H18ClNO3/c20-12-15-1-3-18(4-2-15)24-19(7-9-23-10-8-19)6-5-16-11-17(22)14-21-13-16/h1-4,11,13-14,22H,7-10,12H2. The van der Waals surface area contributed by atoms with Crippen LogP contribution in [0.3, 0.4) is 0 Å². The number of nitrogens with zero attached hydrogens (tertiary/aromatic N) is 1. The molecule has 5 heteroatoms. The van der Waals surface area contributed by atoms with Crippen molar-refractivity contribution >= 4 is 11.6 Å². The van der Waals surface area contributed by atoms with Gasteiger partial charge >= 0.3 is 0 Å². The van der Waals surface area contributed by atoms with E-state index in [0.717, 1.165) is 11.3 Å². The van der Waals surface area contributed by atoms with E-state index in [0.29, 0.717) is 37.5 Å².